The van der Waals surface area contributed by atoms with Crippen LogP contribution < -0.4 is 24.4 Å². The quantitative estimate of drug-likeness (QED) is 0.286. The number of carbonyl (C=O) groups excluding carboxylic acids is 1. The minimum atomic E-state index is -0.180. The number of ether oxygens (including phenoxy) is 3. The molecule has 2 aliphatic rings. The second kappa shape index (κ2) is 10.5. The van der Waals surface area contributed by atoms with Crippen molar-refractivity contribution in [1.29, 1.82) is 0 Å². The second-order valence-electron chi connectivity index (χ2n) is 9.98. The molecule has 1 aliphatic heterocycles. The smallest absolute Gasteiger partial charge is 0.228 e. The van der Waals surface area contributed by atoms with Crippen molar-refractivity contribution in [3.8, 4) is 22.9 Å². The molecule has 6 rings (SSSR count). The summed E-state index contributed by atoms with van der Waals surface area (Å²) >= 11 is 0. The number of nitrogens with one attached hydrogen (secondary N) is 1. The summed E-state index contributed by atoms with van der Waals surface area (Å²) in [5, 5.41) is 3.28. The van der Waals surface area contributed by atoms with E-state index in [9.17, 15) is 4.79 Å². The van der Waals surface area contributed by atoms with Gasteiger partial charge in [0, 0.05) is 31.2 Å². The zero-order valence-electron chi connectivity index (χ0n) is 22.3. The molecule has 0 spiro atoms. The Hall–Kier alpha value is -4.28. The number of ketones is 1. The number of imidazole rings is 1. The molecule has 11 nitrogen and oxygen atoms in total. The Kier molecular flexibility index (Phi) is 6.72. The monoisotopic (exact) mass is 532 g/mol. The van der Waals surface area contributed by atoms with Gasteiger partial charge >= 0.3 is 0 Å². The molecule has 1 aliphatic carbocycles. The van der Waals surface area contributed by atoms with E-state index >= 15 is 0 Å². The van der Waals surface area contributed by atoms with Crippen LogP contribution in [0.1, 0.15) is 38.5 Å². The van der Waals surface area contributed by atoms with Gasteiger partial charge in [0.15, 0.2) is 28.7 Å². The maximum atomic E-state index is 13.1. The lowest BCUT2D eigenvalue weighted by atomic mass is 10.0. The Bertz CT molecular complexity index is 1470. The average Bonchev–Trinajstić information content (AvgIpc) is 3.32. The van der Waals surface area contributed by atoms with Crippen molar-refractivity contribution >= 4 is 34.5 Å². The van der Waals surface area contributed by atoms with Crippen LogP contribution in [-0.4, -0.2) is 59.2 Å². The predicted octanol–water partition coefficient (Wildman–Crippen LogP) is 4.91. The Labute approximate surface area is 226 Å². The lowest BCUT2D eigenvalue weighted by molar-refractivity contribution is -0.120. The molecule has 39 heavy (non-hydrogen) atoms. The van der Waals surface area contributed by atoms with E-state index in [1.165, 1.54) is 12.8 Å². The molecular weight excluding hydrogens is 500 g/mol. The van der Waals surface area contributed by atoms with E-state index < -0.39 is 0 Å². The number of hydrogen-bond acceptors (Lipinski definition) is 10. The van der Waals surface area contributed by atoms with E-state index in [0.717, 1.165) is 37.4 Å². The number of fused-ring (bicyclic) bond motifs is 1. The fraction of sp³-hybridized carbons (Fsp3) is 0.429. The highest BCUT2D eigenvalue weighted by Crippen LogP contribution is 2.40. The lowest BCUT2D eigenvalue weighted by Gasteiger charge is -2.24. The topological polar surface area (TPSA) is 117 Å². The van der Waals surface area contributed by atoms with Crippen molar-refractivity contribution in [2.45, 2.75) is 44.6 Å². The number of carbonyl (C=O) groups is 1. The Balaban J connectivity index is 1.27. The molecule has 4 aromatic rings. The van der Waals surface area contributed by atoms with Crippen LogP contribution in [0.2, 0.25) is 0 Å². The van der Waals surface area contributed by atoms with Gasteiger partial charge in [-0.2, -0.15) is 4.98 Å². The number of rotatable bonds is 11. The van der Waals surface area contributed by atoms with Crippen molar-refractivity contribution < 1.29 is 23.4 Å². The molecule has 0 unspecified atom stereocenters. The molecule has 3 aromatic heterocycles. The van der Waals surface area contributed by atoms with Gasteiger partial charge in [-0.15, -0.1) is 0 Å². The molecule has 0 bridgehead atoms. The first-order valence-electron chi connectivity index (χ1n) is 13.2. The van der Waals surface area contributed by atoms with Crippen molar-refractivity contribution in [3.05, 3.63) is 37.0 Å². The summed E-state index contributed by atoms with van der Waals surface area (Å²) in [6.07, 6.45) is 11.0. The molecule has 2 fully saturated rings. The molecule has 0 radical (unpaired) electrons. The molecule has 0 amide bonds. The predicted molar refractivity (Wildman–Crippen MR) is 146 cm³/mol. The summed E-state index contributed by atoms with van der Waals surface area (Å²) in [5.41, 5.74) is 1.97. The highest BCUT2D eigenvalue weighted by atomic mass is 16.5. The maximum Gasteiger partial charge on any atom is 0.228 e. The summed E-state index contributed by atoms with van der Waals surface area (Å²) in [4.78, 5) is 29.1. The standard InChI is InChI=1S/C28H32N6O5/c1-36-22-13-18(14-23(37-2)26(22)38-3)33-15-24(29-16-33)31-27-25-19(10-12-39-25)30-28(32-27)34-11-4-5-20(34)21(35)9-8-17-6-7-17/h10,12-17,20H,4-9,11H2,1-3H3,(H,30,31,32)/t20-/m0/s1. The number of methoxy groups -OCH3 is 3. The Morgan fingerprint density at radius 3 is 2.62 bits per heavy atom. The normalized spacial score (nSPS) is 17.0. The van der Waals surface area contributed by atoms with Crippen molar-refractivity contribution in [3.63, 3.8) is 0 Å². The fourth-order valence-electron chi connectivity index (χ4n) is 5.19. The number of Topliss-reactive ketones (excluding diaryl/α,β-unsaturated/α-hetero) is 1. The Morgan fingerprint density at radius 1 is 1.10 bits per heavy atom. The van der Waals surface area contributed by atoms with E-state index in [0.29, 0.717) is 52.4 Å². The molecular formula is C28H32N6O5. The van der Waals surface area contributed by atoms with Gasteiger partial charge in [0.25, 0.3) is 0 Å². The first kappa shape index (κ1) is 25.0. The van der Waals surface area contributed by atoms with Gasteiger partial charge in [0.1, 0.15) is 17.7 Å². The number of furan rings is 1. The molecule has 1 saturated heterocycles. The van der Waals surface area contributed by atoms with Crippen molar-refractivity contribution in [2.24, 2.45) is 5.92 Å². The van der Waals surface area contributed by atoms with Gasteiger partial charge in [-0.05, 0) is 25.2 Å². The van der Waals surface area contributed by atoms with Crippen LogP contribution in [0.4, 0.5) is 17.6 Å². The highest BCUT2D eigenvalue weighted by molar-refractivity contribution is 5.89. The zero-order chi connectivity index (χ0) is 26.9. The summed E-state index contributed by atoms with van der Waals surface area (Å²) < 4.78 is 24.0. The van der Waals surface area contributed by atoms with Crippen LogP contribution in [0.25, 0.3) is 16.8 Å². The van der Waals surface area contributed by atoms with Crippen LogP contribution in [0.3, 0.4) is 0 Å². The van der Waals surface area contributed by atoms with E-state index in [4.69, 9.17) is 28.6 Å². The van der Waals surface area contributed by atoms with Gasteiger partial charge in [-0.25, -0.2) is 9.97 Å². The van der Waals surface area contributed by atoms with Gasteiger partial charge in [-0.3, -0.25) is 4.79 Å². The minimum absolute atomic E-state index is 0.180. The maximum absolute atomic E-state index is 13.1. The molecule has 204 valence electrons. The molecule has 1 atom stereocenters. The number of aromatic nitrogens is 4. The van der Waals surface area contributed by atoms with E-state index in [2.05, 4.69) is 10.3 Å². The first-order chi connectivity index (χ1) is 19.1. The third kappa shape index (κ3) is 4.96. The SMILES string of the molecule is COc1cc(-n2cnc(Nc3nc(N4CCC[C@H]4C(=O)CCC4CC4)nc4ccoc34)c2)cc(OC)c1OC. The third-order valence-corrected chi connectivity index (χ3v) is 7.45. The summed E-state index contributed by atoms with van der Waals surface area (Å²) in [5.74, 6) is 4.20. The van der Waals surface area contributed by atoms with Crippen LogP contribution >= 0.6 is 0 Å². The fourth-order valence-corrected chi connectivity index (χ4v) is 5.19. The molecule has 11 heteroatoms. The highest BCUT2D eigenvalue weighted by Gasteiger charge is 2.34. The number of nitrogens with zero attached hydrogens (tertiary/aromatic N) is 5. The summed E-state index contributed by atoms with van der Waals surface area (Å²) in [6, 6.07) is 5.31. The van der Waals surface area contributed by atoms with Crippen LogP contribution in [0.5, 0.6) is 17.2 Å². The number of anilines is 3. The number of hydrogen-bond donors (Lipinski definition) is 1. The number of benzene rings is 1. The molecule has 1 aromatic carbocycles. The molecule has 1 N–H and O–H groups in total. The summed E-state index contributed by atoms with van der Waals surface area (Å²) in [7, 11) is 4.73. The molecule has 1 saturated carbocycles. The van der Waals surface area contributed by atoms with Gasteiger partial charge in [-0.1, -0.05) is 12.8 Å². The first-order valence-corrected chi connectivity index (χ1v) is 13.2. The van der Waals surface area contributed by atoms with E-state index in [1.54, 1.807) is 40.0 Å². The van der Waals surface area contributed by atoms with Gasteiger partial charge in [0.2, 0.25) is 11.7 Å². The summed E-state index contributed by atoms with van der Waals surface area (Å²) in [6.45, 7) is 0.748. The van der Waals surface area contributed by atoms with Gasteiger partial charge < -0.3 is 33.4 Å². The van der Waals surface area contributed by atoms with Crippen LogP contribution in [0.15, 0.2) is 41.4 Å². The zero-order valence-corrected chi connectivity index (χ0v) is 22.3. The second-order valence-corrected chi connectivity index (χ2v) is 9.98. The van der Waals surface area contributed by atoms with Gasteiger partial charge in [0.05, 0.1) is 45.5 Å². The van der Waals surface area contributed by atoms with Crippen LogP contribution in [0, 0.1) is 5.92 Å². The van der Waals surface area contributed by atoms with Crippen molar-refractivity contribution in [1.82, 2.24) is 19.5 Å². The van der Waals surface area contributed by atoms with E-state index in [-0.39, 0.29) is 11.8 Å². The largest absolute Gasteiger partial charge is 0.493 e. The average molecular weight is 533 g/mol. The Morgan fingerprint density at radius 2 is 1.90 bits per heavy atom. The lowest BCUT2D eigenvalue weighted by Crippen LogP contribution is -2.37. The molecule has 4 heterocycles. The van der Waals surface area contributed by atoms with Crippen LogP contribution in [-0.2, 0) is 4.79 Å². The third-order valence-electron chi connectivity index (χ3n) is 7.45. The minimum Gasteiger partial charge on any atom is -0.493 e. The van der Waals surface area contributed by atoms with E-state index in [1.807, 2.05) is 27.8 Å². The van der Waals surface area contributed by atoms with Crippen molar-refractivity contribution in [2.75, 3.05) is 38.1 Å².